The van der Waals surface area contributed by atoms with Gasteiger partial charge in [0.1, 0.15) is 17.7 Å². The largest absolute Gasteiger partial charge is 0.446 e. The Kier molecular flexibility index (Phi) is 5.94. The Morgan fingerprint density at radius 2 is 2.00 bits per heavy atom. The minimum Gasteiger partial charge on any atom is -0.446 e. The predicted octanol–water partition coefficient (Wildman–Crippen LogP) is 3.76. The van der Waals surface area contributed by atoms with Crippen molar-refractivity contribution in [2.24, 2.45) is 0 Å². The molecule has 0 bridgehead atoms. The number of carbonyl (C=O) groups excluding carboxylic acids is 1. The van der Waals surface area contributed by atoms with E-state index in [0.717, 1.165) is 25.0 Å². The van der Waals surface area contributed by atoms with E-state index in [1.807, 2.05) is 0 Å². The van der Waals surface area contributed by atoms with Gasteiger partial charge in [-0.3, -0.25) is 0 Å². The molecule has 2 fully saturated rings. The number of rotatable bonds is 2. The van der Waals surface area contributed by atoms with Gasteiger partial charge in [0.2, 0.25) is 0 Å². The molecule has 4 nitrogen and oxygen atoms in total. The lowest BCUT2D eigenvalue weighted by molar-refractivity contribution is -0.00962. The molecular formula is C17H21F2NO3S. The fraction of sp³-hybridized carbons (Fsp3) is 0.588. The van der Waals surface area contributed by atoms with E-state index < -0.39 is 11.6 Å². The molecule has 0 N–H and O–H groups in total. The van der Waals surface area contributed by atoms with Gasteiger partial charge in [-0.2, -0.15) is 11.8 Å². The Bertz CT molecular complexity index is 581. The van der Waals surface area contributed by atoms with E-state index in [1.54, 1.807) is 16.7 Å². The number of benzene rings is 1. The van der Waals surface area contributed by atoms with E-state index in [4.69, 9.17) is 9.47 Å². The number of thioether (sulfide) groups is 1. The number of carbonyl (C=O) groups is 1. The lowest BCUT2D eigenvalue weighted by atomic mass is 10.1. The van der Waals surface area contributed by atoms with Gasteiger partial charge in [-0.05, 0) is 24.6 Å². The molecule has 7 heteroatoms. The summed E-state index contributed by atoms with van der Waals surface area (Å²) in [6.45, 7) is 2.28. The highest BCUT2D eigenvalue weighted by Gasteiger charge is 2.27. The summed E-state index contributed by atoms with van der Waals surface area (Å²) in [5.41, 5.74) is 0.375. The van der Waals surface area contributed by atoms with Crippen molar-refractivity contribution in [3.63, 3.8) is 0 Å². The van der Waals surface area contributed by atoms with Crippen LogP contribution in [0, 0.1) is 11.6 Å². The van der Waals surface area contributed by atoms with Gasteiger partial charge >= 0.3 is 6.09 Å². The van der Waals surface area contributed by atoms with Gasteiger partial charge in [0.05, 0.1) is 13.2 Å². The first-order valence-corrected chi connectivity index (χ1v) is 9.28. The predicted molar refractivity (Wildman–Crippen MR) is 88.1 cm³/mol. The summed E-state index contributed by atoms with van der Waals surface area (Å²) in [6.07, 6.45) is 1.63. The Balaban J connectivity index is 1.58. The molecule has 24 heavy (non-hydrogen) atoms. The smallest absolute Gasteiger partial charge is 0.410 e. The summed E-state index contributed by atoms with van der Waals surface area (Å²) in [5.74, 6) is -0.164. The van der Waals surface area contributed by atoms with E-state index in [9.17, 15) is 13.6 Å². The van der Waals surface area contributed by atoms with Crippen LogP contribution in [0.1, 0.15) is 30.1 Å². The SMILES string of the molecule is O=C(OC1CCOCC1)N1CCSC(c2cc(F)ccc2F)CC1. The Hall–Kier alpha value is -1.34. The number of nitrogens with zero attached hydrogens (tertiary/aromatic N) is 1. The van der Waals surface area contributed by atoms with Crippen LogP contribution in [0.4, 0.5) is 13.6 Å². The molecule has 1 aromatic carbocycles. The van der Waals surface area contributed by atoms with Crippen molar-refractivity contribution in [2.45, 2.75) is 30.6 Å². The van der Waals surface area contributed by atoms with Gasteiger partial charge in [-0.15, -0.1) is 0 Å². The minimum absolute atomic E-state index is 0.0846. The summed E-state index contributed by atoms with van der Waals surface area (Å²) in [7, 11) is 0. The van der Waals surface area contributed by atoms with E-state index in [2.05, 4.69) is 0 Å². The van der Waals surface area contributed by atoms with Crippen LogP contribution in [0.15, 0.2) is 18.2 Å². The van der Waals surface area contributed by atoms with E-state index in [-0.39, 0.29) is 17.4 Å². The Morgan fingerprint density at radius 1 is 1.21 bits per heavy atom. The maximum absolute atomic E-state index is 14.0. The average Bonchev–Trinajstić information content (AvgIpc) is 2.84. The van der Waals surface area contributed by atoms with Gasteiger partial charge in [0.25, 0.3) is 0 Å². The zero-order valence-electron chi connectivity index (χ0n) is 13.4. The second kappa shape index (κ2) is 8.16. The molecule has 0 saturated carbocycles. The first kappa shape index (κ1) is 17.5. The highest BCUT2D eigenvalue weighted by atomic mass is 32.2. The molecule has 2 aliphatic heterocycles. The summed E-state index contributed by atoms with van der Waals surface area (Å²) < 4.78 is 38.1. The van der Waals surface area contributed by atoms with Crippen LogP contribution < -0.4 is 0 Å². The summed E-state index contributed by atoms with van der Waals surface area (Å²) in [5, 5.41) is -0.151. The van der Waals surface area contributed by atoms with Gasteiger partial charge < -0.3 is 14.4 Å². The van der Waals surface area contributed by atoms with Crippen molar-refractivity contribution < 1.29 is 23.0 Å². The third-order valence-corrected chi connectivity index (χ3v) is 5.65. The topological polar surface area (TPSA) is 38.8 Å². The molecule has 2 heterocycles. The fourth-order valence-electron chi connectivity index (χ4n) is 2.97. The third-order valence-electron chi connectivity index (χ3n) is 4.34. The quantitative estimate of drug-likeness (QED) is 0.808. The first-order chi connectivity index (χ1) is 11.6. The molecular weight excluding hydrogens is 336 g/mol. The molecule has 0 spiro atoms. The number of hydrogen-bond donors (Lipinski definition) is 0. The lowest BCUT2D eigenvalue weighted by Gasteiger charge is -2.26. The maximum Gasteiger partial charge on any atom is 0.410 e. The molecule has 1 aromatic rings. The van der Waals surface area contributed by atoms with Gasteiger partial charge in [-0.25, -0.2) is 13.6 Å². The van der Waals surface area contributed by atoms with Gasteiger partial charge in [0.15, 0.2) is 0 Å². The Morgan fingerprint density at radius 3 is 2.79 bits per heavy atom. The minimum atomic E-state index is -0.438. The number of amides is 1. The molecule has 1 amide bonds. The monoisotopic (exact) mass is 357 g/mol. The zero-order valence-corrected chi connectivity index (χ0v) is 14.2. The van der Waals surface area contributed by atoms with Crippen LogP contribution in [0.3, 0.4) is 0 Å². The van der Waals surface area contributed by atoms with Crippen LogP contribution in [0.25, 0.3) is 0 Å². The van der Waals surface area contributed by atoms with E-state index in [0.29, 0.717) is 44.0 Å². The van der Waals surface area contributed by atoms with Crippen molar-refractivity contribution in [2.75, 3.05) is 32.1 Å². The average molecular weight is 357 g/mol. The van der Waals surface area contributed by atoms with E-state index >= 15 is 0 Å². The van der Waals surface area contributed by atoms with Crippen LogP contribution in [-0.2, 0) is 9.47 Å². The summed E-state index contributed by atoms with van der Waals surface area (Å²) in [6, 6.07) is 3.54. The third kappa shape index (κ3) is 4.39. The molecule has 3 rings (SSSR count). The Labute approximate surface area is 144 Å². The highest BCUT2D eigenvalue weighted by molar-refractivity contribution is 7.99. The number of halogens is 2. The number of ether oxygens (including phenoxy) is 2. The molecule has 1 unspecified atom stereocenters. The lowest BCUT2D eigenvalue weighted by Crippen LogP contribution is -2.37. The van der Waals surface area contributed by atoms with Crippen molar-refractivity contribution >= 4 is 17.9 Å². The van der Waals surface area contributed by atoms with Crippen LogP contribution in [0.2, 0.25) is 0 Å². The standard InChI is InChI=1S/C17H21F2NO3S/c18-12-1-2-15(19)14(11-12)16-3-6-20(7-10-24-16)17(21)23-13-4-8-22-9-5-13/h1-2,11,13,16H,3-10H2. The molecule has 132 valence electrons. The van der Waals surface area contributed by atoms with Crippen molar-refractivity contribution in [3.05, 3.63) is 35.4 Å². The molecule has 2 saturated heterocycles. The van der Waals surface area contributed by atoms with Gasteiger partial charge in [0, 0.05) is 42.5 Å². The number of hydrogen-bond acceptors (Lipinski definition) is 4. The first-order valence-electron chi connectivity index (χ1n) is 8.23. The molecule has 1 atom stereocenters. The normalized spacial score (nSPS) is 22.9. The summed E-state index contributed by atoms with van der Waals surface area (Å²) >= 11 is 1.55. The summed E-state index contributed by atoms with van der Waals surface area (Å²) in [4.78, 5) is 14.0. The molecule has 0 aliphatic carbocycles. The van der Waals surface area contributed by atoms with Crippen molar-refractivity contribution in [3.8, 4) is 0 Å². The van der Waals surface area contributed by atoms with Crippen molar-refractivity contribution in [1.82, 2.24) is 4.90 Å². The van der Waals surface area contributed by atoms with Crippen LogP contribution in [-0.4, -0.2) is 49.2 Å². The van der Waals surface area contributed by atoms with Gasteiger partial charge in [-0.1, -0.05) is 0 Å². The maximum atomic E-state index is 14.0. The van der Waals surface area contributed by atoms with Crippen LogP contribution >= 0.6 is 11.8 Å². The van der Waals surface area contributed by atoms with Crippen molar-refractivity contribution in [1.29, 1.82) is 0 Å². The second-order valence-electron chi connectivity index (χ2n) is 6.00. The fourth-order valence-corrected chi connectivity index (χ4v) is 4.22. The van der Waals surface area contributed by atoms with Crippen LogP contribution in [0.5, 0.6) is 0 Å². The molecule has 2 aliphatic rings. The second-order valence-corrected chi connectivity index (χ2v) is 7.31. The molecule has 0 radical (unpaired) electrons. The van der Waals surface area contributed by atoms with E-state index in [1.165, 1.54) is 6.07 Å². The molecule has 0 aromatic heterocycles. The zero-order chi connectivity index (χ0) is 16.9. The highest BCUT2D eigenvalue weighted by Crippen LogP contribution is 2.36.